The first kappa shape index (κ1) is 18.6. The van der Waals surface area contributed by atoms with Crippen molar-refractivity contribution in [2.24, 2.45) is 0 Å². The monoisotopic (exact) mass is 341 g/mol. The molecule has 0 unspecified atom stereocenters. The molecule has 0 aromatic heterocycles. The molecule has 6 nitrogen and oxygen atoms in total. The molecule has 2 aromatic rings. The average molecular weight is 341 g/mol. The number of amides is 1. The van der Waals surface area contributed by atoms with Crippen LogP contribution in [0.15, 0.2) is 54.6 Å². The Morgan fingerprint density at radius 1 is 1.08 bits per heavy atom. The Kier molecular flexibility index (Phi) is 6.25. The van der Waals surface area contributed by atoms with E-state index in [2.05, 4.69) is 4.90 Å². The first-order valence-electron chi connectivity index (χ1n) is 8.11. The summed E-state index contributed by atoms with van der Waals surface area (Å²) in [5, 5.41) is 10.8. The van der Waals surface area contributed by atoms with E-state index in [0.717, 1.165) is 6.54 Å². The number of benzene rings is 2. The van der Waals surface area contributed by atoms with E-state index in [0.29, 0.717) is 5.56 Å². The van der Waals surface area contributed by atoms with E-state index in [1.54, 1.807) is 24.1 Å². The third-order valence-corrected chi connectivity index (χ3v) is 4.34. The Hall–Kier alpha value is -2.73. The number of hydrogen-bond donors (Lipinski definition) is 0. The molecule has 0 aliphatic carbocycles. The van der Waals surface area contributed by atoms with Crippen LogP contribution < -0.4 is 0 Å². The van der Waals surface area contributed by atoms with Gasteiger partial charge in [0.25, 0.3) is 5.69 Å². The van der Waals surface area contributed by atoms with Crippen LogP contribution in [-0.4, -0.2) is 40.9 Å². The van der Waals surface area contributed by atoms with Crippen LogP contribution in [0.25, 0.3) is 0 Å². The van der Waals surface area contributed by atoms with E-state index in [4.69, 9.17) is 0 Å². The number of nitro groups is 1. The van der Waals surface area contributed by atoms with Crippen LogP contribution in [0.5, 0.6) is 0 Å². The topological polar surface area (TPSA) is 66.7 Å². The van der Waals surface area contributed by atoms with Gasteiger partial charge in [-0.25, -0.2) is 0 Å². The van der Waals surface area contributed by atoms with Crippen molar-refractivity contribution in [3.63, 3.8) is 0 Å². The minimum absolute atomic E-state index is 0.00203. The molecule has 0 spiro atoms. The fourth-order valence-electron chi connectivity index (χ4n) is 2.59. The predicted octanol–water partition coefficient (Wildman–Crippen LogP) is 3.07. The molecular formula is C19H23N3O3. The van der Waals surface area contributed by atoms with E-state index in [1.165, 1.54) is 17.7 Å². The second-order valence-corrected chi connectivity index (χ2v) is 6.14. The molecular weight excluding hydrogens is 318 g/mol. The molecule has 2 aromatic carbocycles. The van der Waals surface area contributed by atoms with Gasteiger partial charge in [0.05, 0.1) is 17.5 Å². The Morgan fingerprint density at radius 2 is 1.72 bits per heavy atom. The molecule has 0 bridgehead atoms. The minimum Gasteiger partial charge on any atom is -0.330 e. The number of nitro benzene ring substituents is 1. The van der Waals surface area contributed by atoms with E-state index in [-0.39, 0.29) is 24.2 Å². The molecule has 1 amide bonds. The quantitative estimate of drug-likeness (QED) is 0.441. The zero-order valence-electron chi connectivity index (χ0n) is 14.8. The number of nitrogens with zero attached hydrogens (tertiary/aromatic N) is 3. The van der Waals surface area contributed by atoms with Crippen molar-refractivity contribution in [1.82, 2.24) is 9.80 Å². The molecule has 6 heteroatoms. The lowest BCUT2D eigenvalue weighted by atomic mass is 10.1. The first-order chi connectivity index (χ1) is 11.9. The van der Waals surface area contributed by atoms with Gasteiger partial charge in [0.15, 0.2) is 0 Å². The number of rotatable bonds is 7. The minimum atomic E-state index is -0.450. The van der Waals surface area contributed by atoms with Gasteiger partial charge in [0, 0.05) is 25.7 Å². The molecule has 0 N–H and O–H groups in total. The Bertz CT molecular complexity index is 734. The molecule has 0 aliphatic heterocycles. The summed E-state index contributed by atoms with van der Waals surface area (Å²) >= 11 is 0. The van der Waals surface area contributed by atoms with Crippen LogP contribution in [0.2, 0.25) is 0 Å². The SMILES string of the molecule is C[C@@H](N(C)Cc1ccccc1)N(C)C(=O)Cc1cccc([N+](=O)[O-])c1. The maximum absolute atomic E-state index is 12.5. The van der Waals surface area contributed by atoms with Gasteiger partial charge >= 0.3 is 0 Å². The highest BCUT2D eigenvalue weighted by Crippen LogP contribution is 2.15. The zero-order chi connectivity index (χ0) is 18.4. The normalized spacial score (nSPS) is 12.0. The number of hydrogen-bond acceptors (Lipinski definition) is 4. The second kappa shape index (κ2) is 8.39. The lowest BCUT2D eigenvalue weighted by molar-refractivity contribution is -0.384. The van der Waals surface area contributed by atoms with Crippen LogP contribution in [-0.2, 0) is 17.8 Å². The van der Waals surface area contributed by atoms with E-state index >= 15 is 0 Å². The van der Waals surface area contributed by atoms with Crippen molar-refractivity contribution < 1.29 is 9.72 Å². The second-order valence-electron chi connectivity index (χ2n) is 6.14. The van der Waals surface area contributed by atoms with Gasteiger partial charge in [-0.2, -0.15) is 0 Å². The summed E-state index contributed by atoms with van der Waals surface area (Å²) in [6, 6.07) is 16.3. The van der Waals surface area contributed by atoms with Crippen LogP contribution in [0.4, 0.5) is 5.69 Å². The number of carbonyl (C=O) groups excluding carboxylic acids is 1. The average Bonchev–Trinajstić information content (AvgIpc) is 2.61. The number of carbonyl (C=O) groups is 1. The third kappa shape index (κ3) is 5.12. The third-order valence-electron chi connectivity index (χ3n) is 4.34. The lowest BCUT2D eigenvalue weighted by Gasteiger charge is -2.33. The predicted molar refractivity (Wildman–Crippen MR) is 96.9 cm³/mol. The Labute approximate surface area is 147 Å². The summed E-state index contributed by atoms with van der Waals surface area (Å²) in [6.07, 6.45) is 0.0493. The van der Waals surface area contributed by atoms with E-state index in [9.17, 15) is 14.9 Å². The summed E-state index contributed by atoms with van der Waals surface area (Å²) in [5.74, 6) is -0.0760. The van der Waals surface area contributed by atoms with Crippen molar-refractivity contribution >= 4 is 11.6 Å². The maximum atomic E-state index is 12.5. The highest BCUT2D eigenvalue weighted by Gasteiger charge is 2.20. The summed E-state index contributed by atoms with van der Waals surface area (Å²) < 4.78 is 0. The molecule has 2 rings (SSSR count). The summed E-state index contributed by atoms with van der Waals surface area (Å²) in [7, 11) is 3.72. The van der Waals surface area contributed by atoms with Crippen molar-refractivity contribution in [3.8, 4) is 0 Å². The molecule has 0 saturated carbocycles. The van der Waals surface area contributed by atoms with Gasteiger partial charge in [-0.05, 0) is 25.1 Å². The summed E-state index contributed by atoms with van der Waals surface area (Å²) in [4.78, 5) is 26.7. The van der Waals surface area contributed by atoms with Crippen molar-refractivity contribution in [3.05, 3.63) is 75.8 Å². The van der Waals surface area contributed by atoms with Crippen molar-refractivity contribution in [2.45, 2.75) is 26.1 Å². The van der Waals surface area contributed by atoms with Crippen molar-refractivity contribution in [1.29, 1.82) is 0 Å². The molecule has 132 valence electrons. The van der Waals surface area contributed by atoms with Crippen LogP contribution >= 0.6 is 0 Å². The molecule has 1 atom stereocenters. The van der Waals surface area contributed by atoms with E-state index in [1.807, 2.05) is 44.3 Å². The van der Waals surface area contributed by atoms with Gasteiger partial charge in [-0.3, -0.25) is 19.8 Å². The summed E-state index contributed by atoms with van der Waals surface area (Å²) in [6.45, 7) is 2.70. The molecule has 0 aliphatic rings. The van der Waals surface area contributed by atoms with Gasteiger partial charge in [-0.15, -0.1) is 0 Å². The fraction of sp³-hybridized carbons (Fsp3) is 0.316. The van der Waals surface area contributed by atoms with Gasteiger partial charge in [0.2, 0.25) is 5.91 Å². The van der Waals surface area contributed by atoms with Crippen LogP contribution in [0.3, 0.4) is 0 Å². The molecule has 0 heterocycles. The highest BCUT2D eigenvalue weighted by molar-refractivity contribution is 5.79. The van der Waals surface area contributed by atoms with Gasteiger partial charge < -0.3 is 4.90 Å². The molecule has 0 fully saturated rings. The Balaban J connectivity index is 1.98. The van der Waals surface area contributed by atoms with E-state index < -0.39 is 4.92 Å². The van der Waals surface area contributed by atoms with Gasteiger partial charge in [-0.1, -0.05) is 42.5 Å². The first-order valence-corrected chi connectivity index (χ1v) is 8.11. The molecule has 25 heavy (non-hydrogen) atoms. The maximum Gasteiger partial charge on any atom is 0.269 e. The van der Waals surface area contributed by atoms with Crippen LogP contribution in [0.1, 0.15) is 18.1 Å². The summed E-state index contributed by atoms with van der Waals surface area (Å²) in [5.41, 5.74) is 1.82. The number of likely N-dealkylation sites (N-methyl/N-ethyl adjacent to an activating group) is 1. The highest BCUT2D eigenvalue weighted by atomic mass is 16.6. The molecule has 0 radical (unpaired) electrons. The largest absolute Gasteiger partial charge is 0.330 e. The van der Waals surface area contributed by atoms with Gasteiger partial charge in [0.1, 0.15) is 0 Å². The van der Waals surface area contributed by atoms with Crippen LogP contribution in [0, 0.1) is 10.1 Å². The Morgan fingerprint density at radius 3 is 2.36 bits per heavy atom. The smallest absolute Gasteiger partial charge is 0.269 e. The zero-order valence-corrected chi connectivity index (χ0v) is 14.8. The lowest BCUT2D eigenvalue weighted by Crippen LogP contribution is -2.45. The number of non-ortho nitro benzene ring substituents is 1. The standard InChI is InChI=1S/C19H23N3O3/c1-15(20(2)14-16-8-5-4-6-9-16)21(3)19(23)13-17-10-7-11-18(12-17)22(24)25/h4-12,15H,13-14H2,1-3H3/t15-/m0/s1. The fourth-order valence-corrected chi connectivity index (χ4v) is 2.59. The van der Waals surface area contributed by atoms with Crippen molar-refractivity contribution in [2.75, 3.05) is 14.1 Å². The molecule has 0 saturated heterocycles.